The highest BCUT2D eigenvalue weighted by Gasteiger charge is 2.12. The van der Waals surface area contributed by atoms with Crippen molar-refractivity contribution in [1.82, 2.24) is 4.57 Å². The normalized spacial score (nSPS) is 10.8. The summed E-state index contributed by atoms with van der Waals surface area (Å²) in [5.74, 6) is 0.645. The Morgan fingerprint density at radius 3 is 2.81 bits per heavy atom. The topological polar surface area (TPSA) is 34.4 Å². The molecular weight excluding hydrogens is 268 g/mol. The molecule has 0 aliphatic heterocycles. The molecule has 0 aliphatic carbocycles. The molecule has 2 aromatic rings. The van der Waals surface area contributed by atoms with Crippen LogP contribution in [0.15, 0.2) is 33.7 Å². The monoisotopic (exact) mass is 278 g/mol. The third kappa shape index (κ3) is 1.70. The van der Waals surface area contributed by atoms with Gasteiger partial charge in [0.1, 0.15) is 5.82 Å². The fourth-order valence-electron chi connectivity index (χ4n) is 1.88. The van der Waals surface area contributed by atoms with E-state index in [1.165, 1.54) is 0 Å². The van der Waals surface area contributed by atoms with Gasteiger partial charge in [-0.15, -0.1) is 4.99 Å². The number of rotatable bonds is 2. The number of hydrogen-bond donors (Lipinski definition) is 0. The molecule has 0 spiro atoms. The van der Waals surface area contributed by atoms with Crippen molar-refractivity contribution in [2.45, 2.75) is 19.9 Å². The van der Waals surface area contributed by atoms with Gasteiger partial charge in [-0.25, -0.2) is 4.79 Å². The fourth-order valence-corrected chi connectivity index (χ4v) is 2.35. The number of aliphatic imine (C=N–C) groups is 1. The van der Waals surface area contributed by atoms with Crippen LogP contribution in [0.2, 0.25) is 0 Å². The van der Waals surface area contributed by atoms with Crippen LogP contribution in [0.25, 0.3) is 10.9 Å². The van der Waals surface area contributed by atoms with Crippen molar-refractivity contribution in [3.8, 4) is 0 Å². The highest BCUT2D eigenvalue weighted by molar-refractivity contribution is 9.10. The first-order valence-electron chi connectivity index (χ1n) is 5.02. The third-order valence-corrected chi connectivity index (χ3v) is 3.18. The molecule has 0 bridgehead atoms. The summed E-state index contributed by atoms with van der Waals surface area (Å²) in [4.78, 5) is 14.1. The molecule has 4 heteroatoms. The Bertz CT molecular complexity index is 580. The van der Waals surface area contributed by atoms with Gasteiger partial charge >= 0.3 is 0 Å². The standard InChI is InChI=1S/C12H11BrN2O/c1-8(2)15-11-5-3-4-10(13)9(11)6-12(15)14-7-16/h3-6,8H,1-2H3. The lowest BCUT2D eigenvalue weighted by Gasteiger charge is -2.11. The van der Waals surface area contributed by atoms with Crippen molar-refractivity contribution in [2.24, 2.45) is 4.99 Å². The molecule has 0 amide bonds. The van der Waals surface area contributed by atoms with Gasteiger partial charge in [-0.1, -0.05) is 22.0 Å². The van der Waals surface area contributed by atoms with E-state index in [4.69, 9.17) is 0 Å². The van der Waals surface area contributed by atoms with Crippen LogP contribution in [0.5, 0.6) is 0 Å². The average Bonchev–Trinajstić information content (AvgIpc) is 2.58. The Morgan fingerprint density at radius 2 is 2.19 bits per heavy atom. The van der Waals surface area contributed by atoms with Crippen LogP contribution < -0.4 is 0 Å². The lowest BCUT2D eigenvalue weighted by Crippen LogP contribution is -1.99. The molecule has 0 fully saturated rings. The van der Waals surface area contributed by atoms with Crippen molar-refractivity contribution >= 4 is 38.7 Å². The molecule has 0 unspecified atom stereocenters. The molecule has 0 N–H and O–H groups in total. The maximum Gasteiger partial charge on any atom is 0.242 e. The van der Waals surface area contributed by atoms with Gasteiger partial charge in [-0.2, -0.15) is 0 Å². The van der Waals surface area contributed by atoms with E-state index < -0.39 is 0 Å². The molecule has 1 aromatic carbocycles. The van der Waals surface area contributed by atoms with Gasteiger partial charge in [0, 0.05) is 15.9 Å². The average molecular weight is 279 g/mol. The summed E-state index contributed by atoms with van der Waals surface area (Å²) in [6.45, 7) is 4.12. The number of carbonyl (C=O) groups excluding carboxylic acids is 1. The first kappa shape index (κ1) is 11.1. The summed E-state index contributed by atoms with van der Waals surface area (Å²) in [5.41, 5.74) is 1.07. The molecule has 1 aromatic heterocycles. The molecular formula is C12H11BrN2O. The zero-order chi connectivity index (χ0) is 11.7. The van der Waals surface area contributed by atoms with Crippen molar-refractivity contribution in [3.05, 3.63) is 28.7 Å². The molecule has 2 rings (SSSR count). The van der Waals surface area contributed by atoms with E-state index in [1.807, 2.05) is 28.8 Å². The SMILES string of the molecule is CC(C)n1c(N=C=O)cc2c(Br)cccc21. The van der Waals surface area contributed by atoms with Gasteiger partial charge in [-0.3, -0.25) is 0 Å². The van der Waals surface area contributed by atoms with Crippen LogP contribution in [0.4, 0.5) is 5.82 Å². The first-order chi connectivity index (χ1) is 7.65. The minimum atomic E-state index is 0.249. The maximum absolute atomic E-state index is 10.4. The summed E-state index contributed by atoms with van der Waals surface area (Å²) >= 11 is 3.49. The van der Waals surface area contributed by atoms with Crippen molar-refractivity contribution < 1.29 is 4.79 Å². The minimum absolute atomic E-state index is 0.249. The van der Waals surface area contributed by atoms with Crippen LogP contribution in [0.1, 0.15) is 19.9 Å². The zero-order valence-electron chi connectivity index (χ0n) is 9.07. The minimum Gasteiger partial charge on any atom is -0.323 e. The summed E-state index contributed by atoms with van der Waals surface area (Å²) in [7, 11) is 0. The summed E-state index contributed by atoms with van der Waals surface area (Å²) in [6, 6.07) is 8.11. The van der Waals surface area contributed by atoms with Crippen LogP contribution in [-0.2, 0) is 4.79 Å². The van der Waals surface area contributed by atoms with E-state index in [0.29, 0.717) is 5.82 Å². The van der Waals surface area contributed by atoms with Crippen molar-refractivity contribution in [2.75, 3.05) is 0 Å². The Morgan fingerprint density at radius 1 is 1.44 bits per heavy atom. The summed E-state index contributed by atoms with van der Waals surface area (Å²) in [6.07, 6.45) is 1.60. The molecule has 82 valence electrons. The highest BCUT2D eigenvalue weighted by atomic mass is 79.9. The number of nitrogens with zero attached hydrogens (tertiary/aromatic N) is 2. The predicted octanol–water partition coefficient (Wildman–Crippen LogP) is 3.95. The highest BCUT2D eigenvalue weighted by Crippen LogP contribution is 2.33. The second-order valence-electron chi connectivity index (χ2n) is 3.84. The van der Waals surface area contributed by atoms with Gasteiger partial charge in [0.05, 0.1) is 5.52 Å². The van der Waals surface area contributed by atoms with E-state index in [2.05, 4.69) is 34.8 Å². The predicted molar refractivity (Wildman–Crippen MR) is 67.8 cm³/mol. The number of isocyanates is 1. The quantitative estimate of drug-likeness (QED) is 0.605. The van der Waals surface area contributed by atoms with E-state index in [9.17, 15) is 4.79 Å². The van der Waals surface area contributed by atoms with Gasteiger partial charge in [0.25, 0.3) is 0 Å². The Kier molecular flexibility index (Phi) is 2.95. The van der Waals surface area contributed by atoms with Crippen molar-refractivity contribution in [3.63, 3.8) is 0 Å². The molecule has 0 saturated heterocycles. The Labute approximate surface area is 102 Å². The van der Waals surface area contributed by atoms with Gasteiger partial charge in [-0.05, 0) is 32.0 Å². The van der Waals surface area contributed by atoms with E-state index in [-0.39, 0.29) is 6.04 Å². The van der Waals surface area contributed by atoms with E-state index >= 15 is 0 Å². The summed E-state index contributed by atoms with van der Waals surface area (Å²) < 4.78 is 3.03. The molecule has 0 aliphatic rings. The van der Waals surface area contributed by atoms with Crippen LogP contribution >= 0.6 is 15.9 Å². The largest absolute Gasteiger partial charge is 0.323 e. The number of halogens is 1. The number of hydrogen-bond acceptors (Lipinski definition) is 2. The second kappa shape index (κ2) is 4.24. The summed E-state index contributed by atoms with van der Waals surface area (Å²) in [5, 5.41) is 1.06. The van der Waals surface area contributed by atoms with E-state index in [0.717, 1.165) is 15.4 Å². The van der Waals surface area contributed by atoms with Gasteiger partial charge in [0.15, 0.2) is 0 Å². The van der Waals surface area contributed by atoms with Gasteiger partial charge < -0.3 is 4.57 Å². The van der Waals surface area contributed by atoms with Crippen LogP contribution in [-0.4, -0.2) is 10.6 Å². The second-order valence-corrected chi connectivity index (χ2v) is 4.70. The van der Waals surface area contributed by atoms with E-state index in [1.54, 1.807) is 6.08 Å². The lowest BCUT2D eigenvalue weighted by atomic mass is 10.2. The maximum atomic E-state index is 10.4. The molecule has 0 radical (unpaired) electrons. The first-order valence-corrected chi connectivity index (χ1v) is 5.81. The third-order valence-electron chi connectivity index (χ3n) is 2.49. The fraction of sp³-hybridized carbons (Fsp3) is 0.250. The molecule has 1 heterocycles. The lowest BCUT2D eigenvalue weighted by molar-refractivity contribution is 0.564. The van der Waals surface area contributed by atoms with Crippen LogP contribution in [0.3, 0.4) is 0 Å². The smallest absolute Gasteiger partial charge is 0.242 e. The molecule has 16 heavy (non-hydrogen) atoms. The number of fused-ring (bicyclic) bond motifs is 1. The molecule has 0 atom stereocenters. The molecule has 0 saturated carbocycles. The van der Waals surface area contributed by atoms with Crippen molar-refractivity contribution in [1.29, 1.82) is 0 Å². The zero-order valence-corrected chi connectivity index (χ0v) is 10.7. The van der Waals surface area contributed by atoms with Gasteiger partial charge in [0.2, 0.25) is 6.08 Å². The number of benzene rings is 1. The number of aromatic nitrogens is 1. The van der Waals surface area contributed by atoms with Crippen LogP contribution in [0, 0.1) is 0 Å². The Balaban J connectivity index is 2.86. The Hall–Kier alpha value is -1.38. The molecule has 3 nitrogen and oxygen atoms in total.